The van der Waals surface area contributed by atoms with Crippen molar-refractivity contribution >= 4 is 17.3 Å². The topological polar surface area (TPSA) is 90.9 Å². The van der Waals surface area contributed by atoms with Crippen LogP contribution in [0.5, 0.6) is 0 Å². The maximum absolute atomic E-state index is 9.45. The molecule has 0 saturated heterocycles. The number of rotatable bonds is 2. The Kier molecular flexibility index (Phi) is 3.21. The van der Waals surface area contributed by atoms with Crippen LogP contribution in [0.1, 0.15) is 28.4 Å². The zero-order valence-corrected chi connectivity index (χ0v) is 12.0. The first-order valence-corrected chi connectivity index (χ1v) is 6.57. The van der Waals surface area contributed by atoms with Gasteiger partial charge < -0.3 is 4.42 Å². The highest BCUT2D eigenvalue weighted by atomic mass is 16.3. The third-order valence-corrected chi connectivity index (χ3v) is 3.21. The van der Waals surface area contributed by atoms with Crippen molar-refractivity contribution in [1.29, 1.82) is 10.5 Å². The number of aryl methyl sites for hydroxylation is 2. The minimum absolute atomic E-state index is 0.258. The van der Waals surface area contributed by atoms with Crippen molar-refractivity contribution in [2.75, 3.05) is 0 Å². The Hall–Kier alpha value is -3.38. The van der Waals surface area contributed by atoms with Crippen molar-refractivity contribution in [3.8, 4) is 12.1 Å². The van der Waals surface area contributed by atoms with Gasteiger partial charge in [0.05, 0.1) is 11.8 Å². The number of nitriles is 2. The van der Waals surface area contributed by atoms with Gasteiger partial charge in [-0.05, 0) is 32.0 Å². The number of fused-ring (bicyclic) bond motifs is 1. The van der Waals surface area contributed by atoms with Crippen molar-refractivity contribution < 1.29 is 4.42 Å². The fourth-order valence-corrected chi connectivity index (χ4v) is 2.28. The van der Waals surface area contributed by atoms with E-state index in [0.717, 1.165) is 11.4 Å². The Morgan fingerprint density at radius 3 is 2.82 bits per heavy atom. The van der Waals surface area contributed by atoms with Crippen molar-refractivity contribution in [3.63, 3.8) is 0 Å². The van der Waals surface area contributed by atoms with E-state index in [2.05, 4.69) is 22.2 Å². The van der Waals surface area contributed by atoms with Gasteiger partial charge >= 0.3 is 0 Å². The summed E-state index contributed by atoms with van der Waals surface area (Å²) in [6, 6.07) is 9.50. The molecule has 0 saturated carbocycles. The maximum atomic E-state index is 9.45. The van der Waals surface area contributed by atoms with Crippen molar-refractivity contribution in [2.24, 2.45) is 0 Å². The quantitative estimate of drug-likeness (QED) is 0.676. The van der Waals surface area contributed by atoms with Crippen LogP contribution in [0.25, 0.3) is 17.3 Å². The summed E-state index contributed by atoms with van der Waals surface area (Å²) in [5.74, 6) is 0.526. The molecule has 0 atom stereocenters. The van der Waals surface area contributed by atoms with E-state index in [0.29, 0.717) is 17.1 Å². The summed E-state index contributed by atoms with van der Waals surface area (Å²) in [5, 5.41) is 23.2. The van der Waals surface area contributed by atoms with Gasteiger partial charge in [0.1, 0.15) is 29.2 Å². The molecule has 0 amide bonds. The molecule has 3 aromatic heterocycles. The van der Waals surface area contributed by atoms with Crippen molar-refractivity contribution in [1.82, 2.24) is 14.6 Å². The Balaban J connectivity index is 2.29. The molecule has 0 aliphatic carbocycles. The van der Waals surface area contributed by atoms with Gasteiger partial charge in [-0.15, -0.1) is 0 Å². The van der Waals surface area contributed by atoms with Crippen LogP contribution in [-0.2, 0) is 0 Å². The second-order valence-corrected chi connectivity index (χ2v) is 4.79. The molecule has 0 aromatic carbocycles. The average Bonchev–Trinajstić information content (AvgIpc) is 3.11. The summed E-state index contributed by atoms with van der Waals surface area (Å²) >= 11 is 0. The molecule has 3 aromatic rings. The third-order valence-electron chi connectivity index (χ3n) is 3.21. The first-order valence-electron chi connectivity index (χ1n) is 6.57. The van der Waals surface area contributed by atoms with Crippen LogP contribution in [0.15, 0.2) is 28.9 Å². The summed E-state index contributed by atoms with van der Waals surface area (Å²) in [6.45, 7) is 3.73. The molecule has 0 bridgehead atoms. The van der Waals surface area contributed by atoms with Crippen LogP contribution in [0, 0.1) is 36.5 Å². The fourth-order valence-electron chi connectivity index (χ4n) is 2.28. The lowest BCUT2D eigenvalue weighted by atomic mass is 10.1. The number of hydrogen-bond acceptors (Lipinski definition) is 5. The van der Waals surface area contributed by atoms with Gasteiger partial charge in [0, 0.05) is 17.5 Å². The smallest absolute Gasteiger partial charge is 0.174 e. The molecule has 22 heavy (non-hydrogen) atoms. The molecule has 6 heteroatoms. The van der Waals surface area contributed by atoms with Gasteiger partial charge in [-0.3, -0.25) is 0 Å². The van der Waals surface area contributed by atoms with Crippen molar-refractivity contribution in [3.05, 3.63) is 52.9 Å². The highest BCUT2D eigenvalue weighted by Crippen LogP contribution is 2.24. The van der Waals surface area contributed by atoms with Crippen LogP contribution in [0.3, 0.4) is 0 Å². The van der Waals surface area contributed by atoms with E-state index >= 15 is 0 Å². The van der Waals surface area contributed by atoms with Gasteiger partial charge in [0.25, 0.3) is 0 Å². The van der Waals surface area contributed by atoms with E-state index in [1.54, 1.807) is 22.7 Å². The predicted molar refractivity (Wildman–Crippen MR) is 79.4 cm³/mol. The van der Waals surface area contributed by atoms with E-state index in [1.165, 1.54) is 6.26 Å². The molecule has 0 unspecified atom stereocenters. The van der Waals surface area contributed by atoms with E-state index in [4.69, 9.17) is 4.42 Å². The molecular weight excluding hydrogens is 278 g/mol. The lowest BCUT2D eigenvalue weighted by Crippen LogP contribution is -1.97. The van der Waals surface area contributed by atoms with Gasteiger partial charge in [0.15, 0.2) is 5.65 Å². The van der Waals surface area contributed by atoms with Crippen LogP contribution in [0.4, 0.5) is 0 Å². The van der Waals surface area contributed by atoms with Gasteiger partial charge in [-0.2, -0.15) is 15.6 Å². The molecule has 0 aliphatic heterocycles. The summed E-state index contributed by atoms with van der Waals surface area (Å²) < 4.78 is 6.79. The summed E-state index contributed by atoms with van der Waals surface area (Å²) in [4.78, 5) is 4.36. The molecule has 106 valence electrons. The molecule has 0 spiro atoms. The standard InChI is InChI=1S/C16H11N5O/c1-10-6-11(2)21-16(19-10)14(9-18)15(20-21)12(8-17)7-13-4-3-5-22-13/h3-7H,1-2H3. The minimum atomic E-state index is 0.258. The molecule has 0 radical (unpaired) electrons. The minimum Gasteiger partial charge on any atom is -0.465 e. The number of nitrogens with zero attached hydrogens (tertiary/aromatic N) is 5. The van der Waals surface area contributed by atoms with Crippen LogP contribution in [0.2, 0.25) is 0 Å². The van der Waals surface area contributed by atoms with E-state index in [1.807, 2.05) is 19.9 Å². The second-order valence-electron chi connectivity index (χ2n) is 4.79. The zero-order valence-electron chi connectivity index (χ0n) is 12.0. The van der Waals surface area contributed by atoms with Gasteiger partial charge in [-0.1, -0.05) is 0 Å². The molecule has 6 nitrogen and oxygen atoms in total. The predicted octanol–water partition coefficient (Wildman–Crippen LogP) is 2.88. The molecule has 0 aliphatic rings. The van der Waals surface area contributed by atoms with Crippen LogP contribution < -0.4 is 0 Å². The Labute approximate surface area is 126 Å². The summed E-state index contributed by atoms with van der Waals surface area (Å²) in [5.41, 5.74) is 2.94. The molecule has 0 N–H and O–H groups in total. The monoisotopic (exact) mass is 289 g/mol. The Bertz CT molecular complexity index is 965. The lowest BCUT2D eigenvalue weighted by molar-refractivity contribution is 0.557. The highest BCUT2D eigenvalue weighted by Gasteiger charge is 2.19. The summed E-state index contributed by atoms with van der Waals surface area (Å²) in [7, 11) is 0. The van der Waals surface area contributed by atoms with Gasteiger partial charge in [0.2, 0.25) is 0 Å². The SMILES string of the molecule is Cc1cc(C)n2nc(C(C#N)=Cc3ccco3)c(C#N)c2n1. The van der Waals surface area contributed by atoms with E-state index in [-0.39, 0.29) is 11.1 Å². The Morgan fingerprint density at radius 1 is 1.36 bits per heavy atom. The largest absolute Gasteiger partial charge is 0.465 e. The second kappa shape index (κ2) is 5.19. The number of hydrogen-bond donors (Lipinski definition) is 0. The van der Waals surface area contributed by atoms with Crippen molar-refractivity contribution in [2.45, 2.75) is 13.8 Å². The normalized spacial score (nSPS) is 11.4. The van der Waals surface area contributed by atoms with Crippen LogP contribution in [-0.4, -0.2) is 14.6 Å². The number of aromatic nitrogens is 3. The van der Waals surface area contributed by atoms with E-state index in [9.17, 15) is 10.5 Å². The van der Waals surface area contributed by atoms with Crippen LogP contribution >= 0.6 is 0 Å². The number of allylic oxidation sites excluding steroid dienone is 1. The molecule has 3 rings (SSSR count). The molecule has 3 heterocycles. The fraction of sp³-hybridized carbons (Fsp3) is 0.125. The highest BCUT2D eigenvalue weighted by molar-refractivity contribution is 5.91. The third kappa shape index (κ3) is 2.13. The summed E-state index contributed by atoms with van der Waals surface area (Å²) in [6.07, 6.45) is 3.08. The average molecular weight is 289 g/mol. The first-order chi connectivity index (χ1) is 10.6. The Morgan fingerprint density at radius 2 is 2.18 bits per heavy atom. The molecular formula is C16H11N5O. The van der Waals surface area contributed by atoms with E-state index < -0.39 is 0 Å². The number of furan rings is 1. The lowest BCUT2D eigenvalue weighted by Gasteiger charge is -1.99. The first kappa shape index (κ1) is 13.6. The molecule has 0 fully saturated rings. The zero-order chi connectivity index (χ0) is 15.7. The maximum Gasteiger partial charge on any atom is 0.174 e. The van der Waals surface area contributed by atoms with Gasteiger partial charge in [-0.25, -0.2) is 9.50 Å².